The van der Waals surface area contributed by atoms with Crippen LogP contribution in [-0.4, -0.2) is 28.1 Å². The molecule has 0 atom stereocenters. The van der Waals surface area contributed by atoms with Gasteiger partial charge < -0.3 is 10.1 Å². The van der Waals surface area contributed by atoms with Gasteiger partial charge in [-0.05, 0) is 62.7 Å². The molecule has 1 N–H and O–H groups in total. The van der Waals surface area contributed by atoms with Crippen molar-refractivity contribution in [1.29, 1.82) is 0 Å². The fourth-order valence-electron chi connectivity index (χ4n) is 2.29. The molecule has 3 rings (SSSR count). The number of ether oxygens (including phenoxy) is 1. The average molecular weight is 302 g/mol. The van der Waals surface area contributed by atoms with Gasteiger partial charge in [-0.2, -0.15) is 0 Å². The first-order valence-electron chi connectivity index (χ1n) is 7.17. The van der Waals surface area contributed by atoms with E-state index in [0.29, 0.717) is 16.9 Å². The Bertz CT molecular complexity index is 603. The van der Waals surface area contributed by atoms with E-state index in [2.05, 4.69) is 5.32 Å². The molecule has 0 unspecified atom stereocenters. The Labute approximate surface area is 129 Å². The molecule has 0 radical (unpaired) electrons. The van der Waals surface area contributed by atoms with Crippen LogP contribution in [0.3, 0.4) is 0 Å². The molecule has 1 aliphatic heterocycles. The van der Waals surface area contributed by atoms with Crippen LogP contribution in [0.1, 0.15) is 32.3 Å². The third-order valence-electron chi connectivity index (χ3n) is 3.38. The van der Waals surface area contributed by atoms with Gasteiger partial charge in [0, 0.05) is 6.04 Å². The minimum atomic E-state index is -0.0231. The van der Waals surface area contributed by atoms with Crippen molar-refractivity contribution in [3.63, 3.8) is 0 Å². The third kappa shape index (κ3) is 3.08. The summed E-state index contributed by atoms with van der Waals surface area (Å²) in [6, 6.07) is 7.97. The van der Waals surface area contributed by atoms with Gasteiger partial charge in [0.2, 0.25) is 0 Å². The molecule has 21 heavy (non-hydrogen) atoms. The van der Waals surface area contributed by atoms with Crippen molar-refractivity contribution in [3.05, 3.63) is 35.5 Å². The lowest BCUT2D eigenvalue weighted by molar-refractivity contribution is -0.122. The van der Waals surface area contributed by atoms with Crippen molar-refractivity contribution in [2.45, 2.75) is 38.8 Å². The molecule has 0 spiro atoms. The summed E-state index contributed by atoms with van der Waals surface area (Å²) in [6.07, 6.45) is 4.07. The van der Waals surface area contributed by atoms with E-state index >= 15 is 0 Å². The first kappa shape index (κ1) is 14.1. The molecule has 2 aliphatic rings. The largest absolute Gasteiger partial charge is 0.491 e. The smallest absolute Gasteiger partial charge is 0.276 e. The first-order valence-corrected chi connectivity index (χ1v) is 7.58. The second kappa shape index (κ2) is 5.48. The van der Waals surface area contributed by atoms with E-state index in [1.807, 2.05) is 44.2 Å². The molecule has 5 heteroatoms. The zero-order chi connectivity index (χ0) is 15.0. The summed E-state index contributed by atoms with van der Waals surface area (Å²) in [5.41, 5.74) is 1.49. The minimum absolute atomic E-state index is 0.0231. The summed E-state index contributed by atoms with van der Waals surface area (Å²) < 4.78 is 5.60. The SMILES string of the molecule is CC(C)Oc1ccc(/C=C2/NC(=S)N(C3CC3)C2=O)cc1. The van der Waals surface area contributed by atoms with Crippen LogP contribution in [0, 0.1) is 0 Å². The topological polar surface area (TPSA) is 41.6 Å². The number of rotatable bonds is 4. The Morgan fingerprint density at radius 2 is 2.00 bits per heavy atom. The Morgan fingerprint density at radius 1 is 1.33 bits per heavy atom. The van der Waals surface area contributed by atoms with E-state index in [1.54, 1.807) is 4.90 Å². The van der Waals surface area contributed by atoms with Gasteiger partial charge in [-0.1, -0.05) is 12.1 Å². The zero-order valence-electron chi connectivity index (χ0n) is 12.1. The molecule has 1 aromatic rings. The number of carbonyl (C=O) groups is 1. The van der Waals surface area contributed by atoms with E-state index in [9.17, 15) is 4.79 Å². The van der Waals surface area contributed by atoms with Crippen molar-refractivity contribution in [2.75, 3.05) is 0 Å². The van der Waals surface area contributed by atoms with Crippen LogP contribution >= 0.6 is 12.2 Å². The van der Waals surface area contributed by atoms with Gasteiger partial charge in [-0.3, -0.25) is 9.69 Å². The van der Waals surface area contributed by atoms with Crippen molar-refractivity contribution >= 4 is 29.3 Å². The van der Waals surface area contributed by atoms with Crippen LogP contribution in [-0.2, 0) is 4.79 Å². The molecular weight excluding hydrogens is 284 g/mol. The highest BCUT2D eigenvalue weighted by Gasteiger charge is 2.41. The zero-order valence-corrected chi connectivity index (χ0v) is 12.9. The standard InChI is InChI=1S/C16H18N2O2S/c1-10(2)20-13-7-3-11(4-8-13)9-14-15(19)18(12-5-6-12)16(21)17-14/h3-4,7-10,12H,5-6H2,1-2H3,(H,17,21)/b14-9+. The van der Waals surface area contributed by atoms with Crippen molar-refractivity contribution in [1.82, 2.24) is 10.2 Å². The van der Waals surface area contributed by atoms with Gasteiger partial charge >= 0.3 is 0 Å². The molecule has 0 bridgehead atoms. The van der Waals surface area contributed by atoms with Crippen LogP contribution in [0.2, 0.25) is 0 Å². The second-order valence-electron chi connectivity index (χ2n) is 5.63. The summed E-state index contributed by atoms with van der Waals surface area (Å²) in [6.45, 7) is 3.98. The number of hydrogen-bond acceptors (Lipinski definition) is 3. The normalized spacial score (nSPS) is 20.3. The highest BCUT2D eigenvalue weighted by molar-refractivity contribution is 7.80. The summed E-state index contributed by atoms with van der Waals surface area (Å²) in [7, 11) is 0. The van der Waals surface area contributed by atoms with E-state index in [1.165, 1.54) is 0 Å². The fourth-order valence-corrected chi connectivity index (χ4v) is 2.64. The Hall–Kier alpha value is -1.88. The summed E-state index contributed by atoms with van der Waals surface area (Å²) in [5, 5.41) is 3.53. The first-order chi connectivity index (χ1) is 10.0. The van der Waals surface area contributed by atoms with Crippen LogP contribution in [0.5, 0.6) is 5.75 Å². The van der Waals surface area contributed by atoms with Crippen molar-refractivity contribution in [3.8, 4) is 5.75 Å². The summed E-state index contributed by atoms with van der Waals surface area (Å²) in [4.78, 5) is 14.0. The third-order valence-corrected chi connectivity index (χ3v) is 3.68. The van der Waals surface area contributed by atoms with E-state index in [4.69, 9.17) is 17.0 Å². The molecule has 1 saturated carbocycles. The molecule has 110 valence electrons. The quantitative estimate of drug-likeness (QED) is 0.686. The van der Waals surface area contributed by atoms with Gasteiger partial charge in [0.05, 0.1) is 6.10 Å². The molecular formula is C16H18N2O2S. The number of carbonyl (C=O) groups excluding carboxylic acids is 1. The number of amides is 1. The van der Waals surface area contributed by atoms with Crippen molar-refractivity contribution < 1.29 is 9.53 Å². The molecule has 1 aromatic carbocycles. The Kier molecular flexibility index (Phi) is 3.68. The Morgan fingerprint density at radius 3 is 2.57 bits per heavy atom. The molecule has 1 heterocycles. The number of hydrogen-bond donors (Lipinski definition) is 1. The lowest BCUT2D eigenvalue weighted by atomic mass is 10.2. The average Bonchev–Trinajstić information content (AvgIpc) is 3.20. The predicted octanol–water partition coefficient (Wildman–Crippen LogP) is 2.69. The van der Waals surface area contributed by atoms with Gasteiger partial charge in [-0.25, -0.2) is 0 Å². The predicted molar refractivity (Wildman–Crippen MR) is 85.8 cm³/mol. The molecule has 0 aromatic heterocycles. The monoisotopic (exact) mass is 302 g/mol. The van der Waals surface area contributed by atoms with Gasteiger partial charge in [0.25, 0.3) is 5.91 Å². The summed E-state index contributed by atoms with van der Waals surface area (Å²) >= 11 is 5.23. The number of thiocarbonyl (C=S) groups is 1. The second-order valence-corrected chi connectivity index (χ2v) is 6.02. The van der Waals surface area contributed by atoms with Crippen LogP contribution in [0.4, 0.5) is 0 Å². The number of benzene rings is 1. The Balaban J connectivity index is 1.75. The maximum atomic E-state index is 12.3. The maximum absolute atomic E-state index is 12.3. The van der Waals surface area contributed by atoms with Crippen LogP contribution < -0.4 is 10.1 Å². The highest BCUT2D eigenvalue weighted by Crippen LogP contribution is 2.31. The van der Waals surface area contributed by atoms with E-state index < -0.39 is 0 Å². The van der Waals surface area contributed by atoms with Gasteiger partial charge in [-0.15, -0.1) is 0 Å². The van der Waals surface area contributed by atoms with E-state index in [0.717, 1.165) is 24.2 Å². The molecule has 1 aliphatic carbocycles. The maximum Gasteiger partial charge on any atom is 0.276 e. The van der Waals surface area contributed by atoms with Crippen LogP contribution in [0.15, 0.2) is 30.0 Å². The highest BCUT2D eigenvalue weighted by atomic mass is 32.1. The molecule has 1 saturated heterocycles. The molecule has 4 nitrogen and oxygen atoms in total. The van der Waals surface area contributed by atoms with E-state index in [-0.39, 0.29) is 12.0 Å². The van der Waals surface area contributed by atoms with Gasteiger partial charge in [0.1, 0.15) is 11.4 Å². The number of nitrogens with zero attached hydrogens (tertiary/aromatic N) is 1. The minimum Gasteiger partial charge on any atom is -0.491 e. The lowest BCUT2D eigenvalue weighted by Gasteiger charge is -2.11. The van der Waals surface area contributed by atoms with Crippen molar-refractivity contribution in [2.24, 2.45) is 0 Å². The molecule has 2 fully saturated rings. The molecule has 1 amide bonds. The number of nitrogens with one attached hydrogen (secondary N) is 1. The fraction of sp³-hybridized carbons (Fsp3) is 0.375. The van der Waals surface area contributed by atoms with Crippen LogP contribution in [0.25, 0.3) is 6.08 Å². The summed E-state index contributed by atoms with van der Waals surface area (Å²) in [5.74, 6) is 0.804. The van der Waals surface area contributed by atoms with Gasteiger partial charge in [0.15, 0.2) is 5.11 Å². The lowest BCUT2D eigenvalue weighted by Crippen LogP contribution is -2.32.